The van der Waals surface area contributed by atoms with Gasteiger partial charge in [-0.3, -0.25) is 0 Å². The molecule has 0 fully saturated rings. The number of nitrogens with two attached hydrogens (primary N) is 2. The van der Waals surface area contributed by atoms with E-state index in [2.05, 4.69) is 23.7 Å². The molecule has 0 spiro atoms. The minimum atomic E-state index is -0.196. The molecule has 0 atom stereocenters. The number of anilines is 2. The quantitative estimate of drug-likeness (QED) is 0.291. The fourth-order valence-corrected chi connectivity index (χ4v) is 2.87. The second kappa shape index (κ2) is 8.60. The Kier molecular flexibility index (Phi) is 5.75. The molecule has 154 valence electrons. The van der Waals surface area contributed by atoms with E-state index in [1.165, 1.54) is 36.4 Å². The van der Waals surface area contributed by atoms with Crippen LogP contribution in [0.4, 0.5) is 11.4 Å². The van der Waals surface area contributed by atoms with E-state index >= 15 is 0 Å². The van der Waals surface area contributed by atoms with Crippen molar-refractivity contribution in [1.29, 1.82) is 0 Å². The van der Waals surface area contributed by atoms with Crippen molar-refractivity contribution in [2.45, 2.75) is 0 Å². The molecule has 0 radical (unpaired) electrons. The second-order valence-corrected chi connectivity index (χ2v) is 6.38. The number of hydrogen-bond donors (Lipinski definition) is 4. The first-order valence-corrected chi connectivity index (χ1v) is 8.97. The highest BCUT2D eigenvalue weighted by molar-refractivity contribution is 5.76. The molecule has 6 nitrogen and oxygen atoms in total. The molecule has 0 aromatic heterocycles. The van der Waals surface area contributed by atoms with Gasteiger partial charge in [0.05, 0.1) is 28.1 Å². The maximum absolute atomic E-state index is 9.91. The lowest BCUT2D eigenvalue weighted by Crippen LogP contribution is -2.03. The molecule has 0 bridgehead atoms. The molecule has 0 amide bonds. The Morgan fingerprint density at radius 3 is 1.28 bits per heavy atom. The minimum absolute atomic E-state index is 0.0285. The number of benzene rings is 3. The van der Waals surface area contributed by atoms with Gasteiger partial charge >= 0.3 is 0 Å². The van der Waals surface area contributed by atoms with Gasteiger partial charge in [-0.1, -0.05) is 23.7 Å². The Bertz CT molecular complexity index is 1320. The Balaban J connectivity index is 2.29. The lowest BCUT2D eigenvalue weighted by molar-refractivity contribution is 0.442. The molecule has 0 saturated heterocycles. The van der Waals surface area contributed by atoms with Gasteiger partial charge in [0, 0.05) is 12.1 Å². The predicted octanol–water partition coefficient (Wildman–Crippen LogP) is 3.77. The van der Waals surface area contributed by atoms with Crippen LogP contribution in [-0.4, -0.2) is 10.2 Å². The maximum atomic E-state index is 9.91. The van der Waals surface area contributed by atoms with Crippen molar-refractivity contribution in [3.8, 4) is 83.9 Å². The van der Waals surface area contributed by atoms with Gasteiger partial charge in [0.25, 0.3) is 0 Å². The van der Waals surface area contributed by atoms with E-state index < -0.39 is 0 Å². The van der Waals surface area contributed by atoms with Crippen LogP contribution in [0.5, 0.6) is 34.5 Å². The van der Waals surface area contributed by atoms with Crippen LogP contribution in [0, 0.1) is 49.4 Å². The zero-order chi connectivity index (χ0) is 23.4. The summed E-state index contributed by atoms with van der Waals surface area (Å²) in [5.74, 6) is 9.90. The van der Waals surface area contributed by atoms with Crippen LogP contribution >= 0.6 is 0 Å². The Morgan fingerprint density at radius 2 is 0.969 bits per heavy atom. The second-order valence-electron chi connectivity index (χ2n) is 6.38. The van der Waals surface area contributed by atoms with Crippen molar-refractivity contribution in [3.05, 3.63) is 58.7 Å². The Morgan fingerprint density at radius 1 is 0.594 bits per heavy atom. The molecule has 0 heterocycles. The molecule has 0 unspecified atom stereocenters. The third kappa shape index (κ3) is 3.77. The van der Waals surface area contributed by atoms with Gasteiger partial charge in [-0.15, -0.1) is 25.7 Å². The van der Waals surface area contributed by atoms with E-state index in [9.17, 15) is 10.2 Å². The van der Waals surface area contributed by atoms with Gasteiger partial charge in [0.1, 0.15) is 28.6 Å². The van der Waals surface area contributed by atoms with E-state index in [1.807, 2.05) is 0 Å². The van der Waals surface area contributed by atoms with Crippen LogP contribution in [0.2, 0.25) is 0 Å². The molecule has 3 rings (SSSR count). The van der Waals surface area contributed by atoms with Gasteiger partial charge in [0.2, 0.25) is 0 Å². The zero-order valence-electron chi connectivity index (χ0n) is 16.6. The van der Waals surface area contributed by atoms with Crippen LogP contribution in [0.3, 0.4) is 0 Å². The molecule has 3 aromatic rings. The Labute approximate surface area is 185 Å². The first-order valence-electron chi connectivity index (χ1n) is 8.97. The van der Waals surface area contributed by atoms with E-state index in [0.717, 1.165) is 0 Å². The molecule has 0 aliphatic heterocycles. The molecular formula is C26H16N2O4. The van der Waals surface area contributed by atoms with Crippen LogP contribution in [0.25, 0.3) is 0 Å². The fraction of sp³-hybridized carbons (Fsp3) is 0. The number of terminal acetylenes is 4. The van der Waals surface area contributed by atoms with Crippen molar-refractivity contribution in [2.75, 3.05) is 11.5 Å². The number of ether oxygens (including phenoxy) is 2. The van der Waals surface area contributed by atoms with E-state index in [0.29, 0.717) is 0 Å². The van der Waals surface area contributed by atoms with E-state index in [-0.39, 0.29) is 68.1 Å². The zero-order valence-corrected chi connectivity index (χ0v) is 16.6. The van der Waals surface area contributed by atoms with Gasteiger partial charge < -0.3 is 31.2 Å². The summed E-state index contributed by atoms with van der Waals surface area (Å²) in [4.78, 5) is 0. The summed E-state index contributed by atoms with van der Waals surface area (Å²) in [5.41, 5.74) is 12.1. The smallest absolute Gasteiger partial charge is 0.163 e. The molecule has 32 heavy (non-hydrogen) atoms. The minimum Gasteiger partial charge on any atom is -0.506 e. The molecule has 0 aliphatic rings. The van der Waals surface area contributed by atoms with E-state index in [1.54, 1.807) is 0 Å². The van der Waals surface area contributed by atoms with Crippen LogP contribution in [-0.2, 0) is 0 Å². The van der Waals surface area contributed by atoms with Crippen LogP contribution < -0.4 is 20.9 Å². The lowest BCUT2D eigenvalue weighted by Gasteiger charge is -2.19. The molecular weight excluding hydrogens is 404 g/mol. The van der Waals surface area contributed by atoms with Gasteiger partial charge in [-0.25, -0.2) is 0 Å². The van der Waals surface area contributed by atoms with Crippen molar-refractivity contribution in [1.82, 2.24) is 0 Å². The summed E-state index contributed by atoms with van der Waals surface area (Å²) in [6.45, 7) is 0. The molecule has 0 saturated carbocycles. The maximum Gasteiger partial charge on any atom is 0.163 e. The van der Waals surface area contributed by atoms with E-state index in [4.69, 9.17) is 46.6 Å². The first kappa shape index (κ1) is 21.4. The van der Waals surface area contributed by atoms with Crippen LogP contribution in [0.1, 0.15) is 22.3 Å². The van der Waals surface area contributed by atoms with Crippen molar-refractivity contribution in [3.63, 3.8) is 0 Å². The summed E-state index contributed by atoms with van der Waals surface area (Å²) < 4.78 is 11.8. The molecule has 0 aliphatic carbocycles. The summed E-state index contributed by atoms with van der Waals surface area (Å²) in [6.07, 6.45) is 22.9. The summed E-state index contributed by atoms with van der Waals surface area (Å²) >= 11 is 0. The summed E-state index contributed by atoms with van der Waals surface area (Å²) in [5, 5.41) is 19.8. The number of aromatic hydroxyl groups is 2. The lowest BCUT2D eigenvalue weighted by atomic mass is 9.95. The largest absolute Gasteiger partial charge is 0.506 e. The molecule has 6 heteroatoms. The van der Waals surface area contributed by atoms with Gasteiger partial charge in [0.15, 0.2) is 11.5 Å². The number of rotatable bonds is 4. The normalized spacial score (nSPS) is 9.62. The number of phenolic OH excluding ortho intramolecular Hbond substituents is 2. The standard InChI is InChI=1S/C26H16N2O4/c1-5-17-18(6-2)25(31-15-9-11-21(27)23(29)13-15)20(8-4)26(19(17)7-3)32-16-10-12-22(28)24(30)14-16/h1-4,9-14,29-30H,27-28H2. The topological polar surface area (TPSA) is 111 Å². The molecule has 6 N–H and O–H groups in total. The summed E-state index contributed by atoms with van der Waals surface area (Å²) in [6, 6.07) is 8.50. The SMILES string of the molecule is C#Cc1c(C#C)c(Oc2ccc(N)c(O)c2)c(C#C)c(Oc2ccc(N)c(O)c2)c1C#C. The average molecular weight is 420 g/mol. The van der Waals surface area contributed by atoms with Crippen molar-refractivity contribution in [2.24, 2.45) is 0 Å². The number of hydrogen-bond acceptors (Lipinski definition) is 6. The number of phenols is 2. The van der Waals surface area contributed by atoms with Gasteiger partial charge in [-0.2, -0.15) is 0 Å². The highest BCUT2D eigenvalue weighted by atomic mass is 16.5. The highest BCUT2D eigenvalue weighted by Gasteiger charge is 2.25. The van der Waals surface area contributed by atoms with Crippen molar-refractivity contribution < 1.29 is 19.7 Å². The monoisotopic (exact) mass is 420 g/mol. The first-order chi connectivity index (χ1) is 15.3. The third-order valence-corrected chi connectivity index (χ3v) is 4.43. The van der Waals surface area contributed by atoms with Gasteiger partial charge in [-0.05, 0) is 24.3 Å². The highest BCUT2D eigenvalue weighted by Crippen LogP contribution is 2.43. The van der Waals surface area contributed by atoms with Crippen LogP contribution in [0.15, 0.2) is 36.4 Å². The fourth-order valence-electron chi connectivity index (χ4n) is 2.87. The Hall–Kier alpha value is -5.30. The summed E-state index contributed by atoms with van der Waals surface area (Å²) in [7, 11) is 0. The van der Waals surface area contributed by atoms with Crippen molar-refractivity contribution >= 4 is 11.4 Å². The molecule has 3 aromatic carbocycles. The average Bonchev–Trinajstić information content (AvgIpc) is 2.78. The third-order valence-electron chi connectivity index (χ3n) is 4.43. The predicted molar refractivity (Wildman–Crippen MR) is 123 cm³/mol. The number of nitrogen functional groups attached to an aromatic ring is 2.